The minimum atomic E-state index is -0.456. The summed E-state index contributed by atoms with van der Waals surface area (Å²) < 4.78 is 14.9. The van der Waals surface area contributed by atoms with E-state index in [-0.39, 0.29) is 0 Å². The molecule has 1 rings (SSSR count). The maximum absolute atomic E-state index is 11.6. The van der Waals surface area contributed by atoms with Crippen LogP contribution < -0.4 is 15.4 Å². The molecule has 1 heterocycles. The van der Waals surface area contributed by atoms with E-state index < -0.39 is 5.97 Å². The van der Waals surface area contributed by atoms with Gasteiger partial charge in [0.15, 0.2) is 5.75 Å². The second kappa shape index (κ2) is 6.46. The Balaban J connectivity index is 3.07. The van der Waals surface area contributed by atoms with Gasteiger partial charge < -0.3 is 24.8 Å². The molecule has 1 aromatic rings. The number of ether oxygens (including phenoxy) is 3. The summed E-state index contributed by atoms with van der Waals surface area (Å²) in [6.45, 7) is 1.25. The normalized spacial score (nSPS) is 10.2. The van der Waals surface area contributed by atoms with Gasteiger partial charge in [0.05, 0.1) is 20.8 Å². The Morgan fingerprint density at radius 3 is 2.56 bits per heavy atom. The Morgan fingerprint density at radius 1 is 1.39 bits per heavy atom. The Morgan fingerprint density at radius 2 is 2.06 bits per heavy atom. The Bertz CT molecular complexity index is 419. The molecule has 0 bridgehead atoms. The highest BCUT2D eigenvalue weighted by Crippen LogP contribution is 2.44. The van der Waals surface area contributed by atoms with Gasteiger partial charge in [-0.15, -0.1) is 11.3 Å². The molecule has 18 heavy (non-hydrogen) atoms. The average Bonchev–Trinajstić information content (AvgIpc) is 2.72. The summed E-state index contributed by atoms with van der Waals surface area (Å²) in [5.74, 6) is 0.0428. The van der Waals surface area contributed by atoms with E-state index >= 15 is 0 Å². The van der Waals surface area contributed by atoms with Crippen LogP contribution in [0.5, 0.6) is 5.75 Å². The molecule has 0 saturated heterocycles. The fourth-order valence-corrected chi connectivity index (χ4v) is 2.53. The van der Waals surface area contributed by atoms with Gasteiger partial charge in [-0.3, -0.25) is 0 Å². The van der Waals surface area contributed by atoms with Crippen LogP contribution in [0.3, 0.4) is 0 Å². The van der Waals surface area contributed by atoms with Crippen molar-refractivity contribution in [2.75, 3.05) is 52.2 Å². The van der Waals surface area contributed by atoms with Gasteiger partial charge in [-0.2, -0.15) is 0 Å². The molecule has 0 aliphatic rings. The number of nitrogens with two attached hydrogens (primary N) is 1. The second-order valence-corrected chi connectivity index (χ2v) is 4.59. The molecule has 2 N–H and O–H groups in total. The summed E-state index contributed by atoms with van der Waals surface area (Å²) in [5, 5.41) is 0.785. The van der Waals surface area contributed by atoms with E-state index in [2.05, 4.69) is 4.74 Å². The van der Waals surface area contributed by atoms with Crippen LogP contribution in [0.25, 0.3) is 0 Å². The van der Waals surface area contributed by atoms with Gasteiger partial charge in [0, 0.05) is 20.7 Å². The quantitative estimate of drug-likeness (QED) is 0.786. The maximum atomic E-state index is 11.6. The molecule has 0 aromatic carbocycles. The fraction of sp³-hybridized carbons (Fsp3) is 0.545. The number of methoxy groups -OCH3 is 3. The zero-order valence-corrected chi connectivity index (χ0v) is 11.8. The molecule has 0 atom stereocenters. The first kappa shape index (κ1) is 14.6. The molecule has 7 heteroatoms. The van der Waals surface area contributed by atoms with Crippen molar-refractivity contribution >= 4 is 28.0 Å². The smallest absolute Gasteiger partial charge is 0.350 e. The van der Waals surface area contributed by atoms with Crippen LogP contribution in [0.4, 0.5) is 10.7 Å². The average molecular weight is 274 g/mol. The van der Waals surface area contributed by atoms with Crippen molar-refractivity contribution in [1.82, 2.24) is 0 Å². The number of thiophene rings is 1. The summed E-state index contributed by atoms with van der Waals surface area (Å²) in [7, 11) is 6.36. The third-order valence-electron chi connectivity index (χ3n) is 2.43. The number of anilines is 2. The van der Waals surface area contributed by atoms with Crippen molar-refractivity contribution < 1.29 is 19.0 Å². The van der Waals surface area contributed by atoms with Crippen LogP contribution in [-0.2, 0) is 9.47 Å². The van der Waals surface area contributed by atoms with Crippen molar-refractivity contribution in [1.29, 1.82) is 0 Å². The standard InChI is InChI=1S/C11H18N2O4S/c1-13(5-6-15-2)10-8(16-3)7(12)9(18-10)11(14)17-4/h5-6,12H2,1-4H3. The van der Waals surface area contributed by atoms with E-state index in [9.17, 15) is 4.79 Å². The number of hydrogen-bond donors (Lipinski definition) is 1. The summed E-state index contributed by atoms with van der Waals surface area (Å²) in [6.07, 6.45) is 0. The first-order chi connectivity index (χ1) is 8.56. The third-order valence-corrected chi connectivity index (χ3v) is 3.72. The molecule has 0 aliphatic heterocycles. The number of rotatable bonds is 6. The van der Waals surface area contributed by atoms with Crippen molar-refractivity contribution in [2.45, 2.75) is 0 Å². The third kappa shape index (κ3) is 2.85. The van der Waals surface area contributed by atoms with E-state index in [1.807, 2.05) is 11.9 Å². The van der Waals surface area contributed by atoms with E-state index in [0.29, 0.717) is 29.5 Å². The van der Waals surface area contributed by atoms with Gasteiger partial charge in [0.1, 0.15) is 15.6 Å². The lowest BCUT2D eigenvalue weighted by atomic mass is 10.3. The molecule has 0 fully saturated rings. The van der Waals surface area contributed by atoms with E-state index in [1.165, 1.54) is 25.6 Å². The lowest BCUT2D eigenvalue weighted by Gasteiger charge is -2.17. The molecule has 1 aromatic heterocycles. The zero-order chi connectivity index (χ0) is 13.7. The minimum absolute atomic E-state index is 0.314. The number of hydrogen-bond acceptors (Lipinski definition) is 7. The summed E-state index contributed by atoms with van der Waals surface area (Å²) in [6, 6.07) is 0. The van der Waals surface area contributed by atoms with Crippen molar-refractivity contribution in [3.63, 3.8) is 0 Å². The predicted octanol–water partition coefficient (Wildman–Crippen LogP) is 1.21. The molecular formula is C11H18N2O4S. The summed E-state index contributed by atoms with van der Waals surface area (Å²) >= 11 is 1.25. The number of carbonyl (C=O) groups excluding carboxylic acids is 1. The van der Waals surface area contributed by atoms with Crippen LogP contribution in [0.15, 0.2) is 0 Å². The van der Waals surface area contributed by atoms with Gasteiger partial charge in [0.2, 0.25) is 0 Å². The fourth-order valence-electron chi connectivity index (χ4n) is 1.44. The van der Waals surface area contributed by atoms with Crippen molar-refractivity contribution in [3.05, 3.63) is 4.88 Å². The molecule has 102 valence electrons. The van der Waals surface area contributed by atoms with Gasteiger partial charge in [-0.25, -0.2) is 4.79 Å². The number of nitrogens with zero attached hydrogens (tertiary/aromatic N) is 1. The number of nitrogen functional groups attached to an aromatic ring is 1. The van der Waals surface area contributed by atoms with Gasteiger partial charge in [-0.05, 0) is 0 Å². The van der Waals surface area contributed by atoms with E-state index in [0.717, 1.165) is 5.00 Å². The highest BCUT2D eigenvalue weighted by Gasteiger charge is 2.24. The second-order valence-electron chi connectivity index (χ2n) is 3.59. The molecule has 0 unspecified atom stereocenters. The number of likely N-dealkylation sites (N-methyl/N-ethyl adjacent to an activating group) is 1. The maximum Gasteiger partial charge on any atom is 0.350 e. The first-order valence-electron chi connectivity index (χ1n) is 5.31. The lowest BCUT2D eigenvalue weighted by molar-refractivity contribution is 0.0607. The minimum Gasteiger partial charge on any atom is -0.492 e. The van der Waals surface area contributed by atoms with Crippen LogP contribution in [0, 0.1) is 0 Å². The van der Waals surface area contributed by atoms with Crippen LogP contribution in [0.2, 0.25) is 0 Å². The van der Waals surface area contributed by atoms with Crippen LogP contribution >= 0.6 is 11.3 Å². The van der Waals surface area contributed by atoms with Crippen LogP contribution in [-0.4, -0.2) is 47.5 Å². The molecule has 0 saturated carbocycles. The van der Waals surface area contributed by atoms with E-state index in [4.69, 9.17) is 15.2 Å². The Hall–Kier alpha value is -1.47. The first-order valence-corrected chi connectivity index (χ1v) is 6.13. The SMILES string of the molecule is COCCN(C)c1sc(C(=O)OC)c(N)c1OC. The number of esters is 1. The topological polar surface area (TPSA) is 74.0 Å². The van der Waals surface area contributed by atoms with E-state index in [1.54, 1.807) is 7.11 Å². The van der Waals surface area contributed by atoms with Crippen molar-refractivity contribution in [3.8, 4) is 5.75 Å². The largest absolute Gasteiger partial charge is 0.492 e. The summed E-state index contributed by atoms with van der Waals surface area (Å²) in [4.78, 5) is 13.8. The van der Waals surface area contributed by atoms with Gasteiger partial charge in [0.25, 0.3) is 0 Å². The molecule has 0 radical (unpaired) electrons. The molecule has 0 amide bonds. The zero-order valence-electron chi connectivity index (χ0n) is 11.0. The molecule has 6 nitrogen and oxygen atoms in total. The summed E-state index contributed by atoms with van der Waals surface area (Å²) in [5.41, 5.74) is 6.20. The highest BCUT2D eigenvalue weighted by atomic mass is 32.1. The molecular weight excluding hydrogens is 256 g/mol. The van der Waals surface area contributed by atoms with Gasteiger partial charge in [-0.1, -0.05) is 0 Å². The highest BCUT2D eigenvalue weighted by molar-refractivity contribution is 7.19. The predicted molar refractivity (Wildman–Crippen MR) is 71.8 cm³/mol. The van der Waals surface area contributed by atoms with Crippen molar-refractivity contribution in [2.24, 2.45) is 0 Å². The lowest BCUT2D eigenvalue weighted by Crippen LogP contribution is -2.21. The monoisotopic (exact) mass is 274 g/mol. The number of carbonyl (C=O) groups is 1. The molecule has 0 aliphatic carbocycles. The Kier molecular flexibility index (Phi) is 5.24. The molecule has 0 spiro atoms. The van der Waals surface area contributed by atoms with Gasteiger partial charge >= 0.3 is 5.97 Å². The van der Waals surface area contributed by atoms with Crippen LogP contribution in [0.1, 0.15) is 9.67 Å². The Labute approximate surface area is 110 Å².